The van der Waals surface area contributed by atoms with E-state index in [9.17, 15) is 13.2 Å². The minimum atomic E-state index is -3.68. The fraction of sp³-hybridized carbons (Fsp3) is 0.476. The standard InChI is InChI=1S/C21H26N2O5S/c1-15-13-19(15)20-8-5-17(28-20)14-22(2)29(25,26)18-6-3-16(4-7-18)21(24)23-9-11-27-12-10-23/h3-8,15,19H,9-14H2,1-2H3/t15-,19+/m0/s1. The minimum absolute atomic E-state index is 0.108. The number of nitrogens with zero attached hydrogens (tertiary/aromatic N) is 2. The third kappa shape index (κ3) is 4.24. The Morgan fingerprint density at radius 3 is 2.41 bits per heavy atom. The van der Waals surface area contributed by atoms with Crippen LogP contribution in [0.15, 0.2) is 45.7 Å². The molecule has 29 heavy (non-hydrogen) atoms. The van der Waals surface area contributed by atoms with Gasteiger partial charge in [-0.1, -0.05) is 6.92 Å². The molecule has 1 amide bonds. The monoisotopic (exact) mass is 418 g/mol. The number of hydrogen-bond donors (Lipinski definition) is 0. The van der Waals surface area contributed by atoms with Crippen LogP contribution in [-0.4, -0.2) is 56.9 Å². The molecule has 1 aromatic heterocycles. The van der Waals surface area contributed by atoms with Gasteiger partial charge in [0, 0.05) is 31.6 Å². The van der Waals surface area contributed by atoms with Gasteiger partial charge in [0.1, 0.15) is 11.5 Å². The first-order chi connectivity index (χ1) is 13.9. The third-order valence-corrected chi connectivity index (χ3v) is 7.46. The quantitative estimate of drug-likeness (QED) is 0.721. The maximum atomic E-state index is 12.9. The molecule has 0 radical (unpaired) electrons. The highest BCUT2D eigenvalue weighted by atomic mass is 32.2. The summed E-state index contributed by atoms with van der Waals surface area (Å²) in [6, 6.07) is 9.89. The molecule has 0 bridgehead atoms. The van der Waals surface area contributed by atoms with E-state index in [0.717, 1.165) is 12.2 Å². The molecule has 1 saturated heterocycles. The molecule has 2 aliphatic rings. The predicted molar refractivity (Wildman–Crippen MR) is 107 cm³/mol. The Labute approximate surface area is 171 Å². The second-order valence-electron chi connectivity index (χ2n) is 7.81. The SMILES string of the molecule is C[C@H]1C[C@H]1c1ccc(CN(C)S(=O)(=O)c2ccc(C(=O)N3CCOCC3)cc2)o1. The van der Waals surface area contributed by atoms with Crippen molar-refractivity contribution in [1.82, 2.24) is 9.21 Å². The molecule has 8 heteroatoms. The number of amides is 1. The largest absolute Gasteiger partial charge is 0.464 e. The Morgan fingerprint density at radius 2 is 1.79 bits per heavy atom. The van der Waals surface area contributed by atoms with E-state index in [-0.39, 0.29) is 17.3 Å². The van der Waals surface area contributed by atoms with E-state index in [0.29, 0.717) is 49.5 Å². The summed E-state index contributed by atoms with van der Waals surface area (Å²) in [5, 5.41) is 0. The molecule has 2 fully saturated rings. The van der Waals surface area contributed by atoms with Crippen molar-refractivity contribution < 1.29 is 22.4 Å². The van der Waals surface area contributed by atoms with E-state index in [4.69, 9.17) is 9.15 Å². The highest BCUT2D eigenvalue weighted by Crippen LogP contribution is 2.47. The van der Waals surface area contributed by atoms with Gasteiger partial charge >= 0.3 is 0 Å². The predicted octanol–water partition coefficient (Wildman–Crippen LogP) is 2.70. The van der Waals surface area contributed by atoms with Crippen LogP contribution in [0.5, 0.6) is 0 Å². The molecule has 0 unspecified atom stereocenters. The van der Waals surface area contributed by atoms with Crippen LogP contribution in [0.2, 0.25) is 0 Å². The molecular weight excluding hydrogens is 392 g/mol. The Balaban J connectivity index is 1.43. The Bertz CT molecular complexity index is 977. The van der Waals surface area contributed by atoms with Crippen LogP contribution < -0.4 is 0 Å². The Morgan fingerprint density at radius 1 is 1.14 bits per heavy atom. The number of rotatable bonds is 6. The molecule has 1 saturated carbocycles. The molecule has 2 heterocycles. The normalized spacial score (nSPS) is 22.1. The average Bonchev–Trinajstić information content (AvgIpc) is 3.29. The van der Waals surface area contributed by atoms with E-state index in [2.05, 4.69) is 6.92 Å². The van der Waals surface area contributed by atoms with Crippen molar-refractivity contribution in [2.24, 2.45) is 5.92 Å². The number of morpholine rings is 1. The van der Waals surface area contributed by atoms with E-state index in [1.165, 1.54) is 23.5 Å². The number of ether oxygens (including phenoxy) is 1. The molecule has 7 nitrogen and oxygen atoms in total. The number of furan rings is 1. The number of benzene rings is 1. The molecule has 156 valence electrons. The van der Waals surface area contributed by atoms with Gasteiger partial charge in [0.15, 0.2) is 0 Å². The maximum absolute atomic E-state index is 12.9. The second kappa shape index (κ2) is 7.93. The fourth-order valence-electron chi connectivity index (χ4n) is 3.60. The van der Waals surface area contributed by atoms with Crippen LogP contribution >= 0.6 is 0 Å². The van der Waals surface area contributed by atoms with Crippen LogP contribution in [0.25, 0.3) is 0 Å². The lowest BCUT2D eigenvalue weighted by atomic mass is 10.2. The summed E-state index contributed by atoms with van der Waals surface area (Å²) in [4.78, 5) is 14.4. The van der Waals surface area contributed by atoms with Gasteiger partial charge in [-0.05, 0) is 48.7 Å². The van der Waals surface area contributed by atoms with Gasteiger partial charge in [0.05, 0.1) is 24.7 Å². The minimum Gasteiger partial charge on any atom is -0.464 e. The molecule has 1 aliphatic heterocycles. The van der Waals surface area contributed by atoms with Crippen molar-refractivity contribution in [2.75, 3.05) is 33.4 Å². The topological polar surface area (TPSA) is 80.1 Å². The Kier molecular flexibility index (Phi) is 5.50. The van der Waals surface area contributed by atoms with E-state index < -0.39 is 10.0 Å². The zero-order valence-corrected chi connectivity index (χ0v) is 17.5. The first-order valence-electron chi connectivity index (χ1n) is 9.88. The Hall–Kier alpha value is -2.16. The van der Waals surface area contributed by atoms with E-state index in [1.54, 1.807) is 17.0 Å². The summed E-state index contributed by atoms with van der Waals surface area (Å²) in [5.74, 6) is 2.55. The molecular formula is C21H26N2O5S. The lowest BCUT2D eigenvalue weighted by Crippen LogP contribution is -2.40. The van der Waals surface area contributed by atoms with Crippen LogP contribution in [-0.2, 0) is 21.3 Å². The molecule has 1 aliphatic carbocycles. The summed E-state index contributed by atoms with van der Waals surface area (Å²) in [6.07, 6.45) is 1.12. The summed E-state index contributed by atoms with van der Waals surface area (Å²) >= 11 is 0. The van der Waals surface area contributed by atoms with Crippen molar-refractivity contribution >= 4 is 15.9 Å². The lowest BCUT2D eigenvalue weighted by Gasteiger charge is -2.27. The first kappa shape index (κ1) is 20.1. The van der Waals surface area contributed by atoms with Gasteiger partial charge in [-0.15, -0.1) is 0 Å². The maximum Gasteiger partial charge on any atom is 0.254 e. The van der Waals surface area contributed by atoms with Crippen LogP contribution in [0, 0.1) is 5.92 Å². The zero-order valence-electron chi connectivity index (χ0n) is 16.7. The number of hydrogen-bond acceptors (Lipinski definition) is 5. The first-order valence-corrected chi connectivity index (χ1v) is 11.3. The smallest absolute Gasteiger partial charge is 0.254 e. The van der Waals surface area contributed by atoms with Crippen LogP contribution in [0.1, 0.15) is 41.1 Å². The van der Waals surface area contributed by atoms with Crippen molar-refractivity contribution in [3.63, 3.8) is 0 Å². The van der Waals surface area contributed by atoms with Crippen molar-refractivity contribution in [2.45, 2.75) is 30.7 Å². The molecule has 2 aromatic rings. The van der Waals surface area contributed by atoms with Gasteiger partial charge < -0.3 is 14.1 Å². The van der Waals surface area contributed by atoms with Crippen molar-refractivity contribution in [1.29, 1.82) is 0 Å². The molecule has 0 N–H and O–H groups in total. The number of sulfonamides is 1. The summed E-state index contributed by atoms with van der Waals surface area (Å²) in [6.45, 7) is 4.49. The summed E-state index contributed by atoms with van der Waals surface area (Å²) < 4.78 is 38.2. The van der Waals surface area contributed by atoms with Crippen LogP contribution in [0.4, 0.5) is 0 Å². The van der Waals surface area contributed by atoms with Crippen molar-refractivity contribution in [3.8, 4) is 0 Å². The van der Waals surface area contributed by atoms with Crippen molar-refractivity contribution in [3.05, 3.63) is 53.5 Å². The van der Waals surface area contributed by atoms with Gasteiger partial charge in [0.25, 0.3) is 5.91 Å². The van der Waals surface area contributed by atoms with Gasteiger partial charge in [-0.25, -0.2) is 8.42 Å². The average molecular weight is 419 g/mol. The fourth-order valence-corrected chi connectivity index (χ4v) is 4.74. The zero-order chi connectivity index (χ0) is 20.6. The van der Waals surface area contributed by atoms with E-state index in [1.807, 2.05) is 12.1 Å². The highest BCUT2D eigenvalue weighted by molar-refractivity contribution is 7.89. The van der Waals surface area contributed by atoms with Gasteiger partial charge in [-0.3, -0.25) is 4.79 Å². The second-order valence-corrected chi connectivity index (χ2v) is 9.86. The summed E-state index contributed by atoms with van der Waals surface area (Å²) in [7, 11) is -2.15. The molecule has 1 aromatic carbocycles. The van der Waals surface area contributed by atoms with Crippen LogP contribution in [0.3, 0.4) is 0 Å². The van der Waals surface area contributed by atoms with Gasteiger partial charge in [0.2, 0.25) is 10.0 Å². The molecule has 2 atom stereocenters. The molecule has 4 rings (SSSR count). The molecule has 0 spiro atoms. The summed E-state index contributed by atoms with van der Waals surface area (Å²) in [5.41, 5.74) is 0.475. The number of carbonyl (C=O) groups is 1. The van der Waals surface area contributed by atoms with Gasteiger partial charge in [-0.2, -0.15) is 4.31 Å². The third-order valence-electron chi connectivity index (χ3n) is 5.64. The van der Waals surface area contributed by atoms with E-state index >= 15 is 0 Å². The highest BCUT2D eigenvalue weighted by Gasteiger charge is 2.36. The number of carbonyl (C=O) groups excluding carboxylic acids is 1. The lowest BCUT2D eigenvalue weighted by molar-refractivity contribution is 0.0303.